The van der Waals surface area contributed by atoms with E-state index in [0.717, 1.165) is 17.6 Å². The number of rotatable bonds is 18. The van der Waals surface area contributed by atoms with E-state index < -0.39 is 0 Å². The van der Waals surface area contributed by atoms with Gasteiger partial charge in [-0.1, -0.05) is 71.1 Å². The number of nitrogens with zero attached hydrogens (tertiary/aromatic N) is 1. The van der Waals surface area contributed by atoms with Gasteiger partial charge >= 0.3 is 0 Å². The van der Waals surface area contributed by atoms with Crippen molar-refractivity contribution in [1.29, 1.82) is 0 Å². The molecule has 0 aliphatic rings. The van der Waals surface area contributed by atoms with Gasteiger partial charge in [0.1, 0.15) is 6.54 Å². The lowest BCUT2D eigenvalue weighted by Crippen LogP contribution is -2.43. The van der Waals surface area contributed by atoms with Gasteiger partial charge < -0.3 is 9.22 Å². The topological polar surface area (TPSA) is 9.23 Å². The molecule has 140 valence electrons. The maximum atomic E-state index is 5.61. The first-order chi connectivity index (χ1) is 11.1. The SMILES string of the molecule is CCCCCCCCCCCCCC[N+](C)(C)CCOCCCl. The number of hydrogen-bond donors (Lipinski definition) is 0. The lowest BCUT2D eigenvalue weighted by atomic mass is 10.1. The van der Waals surface area contributed by atoms with Crippen LogP contribution in [0, 0.1) is 0 Å². The maximum absolute atomic E-state index is 5.61. The molecule has 2 nitrogen and oxygen atoms in total. The summed E-state index contributed by atoms with van der Waals surface area (Å²) in [5.41, 5.74) is 0. The molecule has 3 heteroatoms. The van der Waals surface area contributed by atoms with E-state index in [1.807, 2.05) is 0 Å². The van der Waals surface area contributed by atoms with Crippen molar-refractivity contribution in [3.63, 3.8) is 0 Å². The summed E-state index contributed by atoms with van der Waals surface area (Å²) < 4.78 is 6.55. The Labute approximate surface area is 151 Å². The maximum Gasteiger partial charge on any atom is 0.102 e. The molecule has 0 aliphatic carbocycles. The summed E-state index contributed by atoms with van der Waals surface area (Å²) in [6, 6.07) is 0. The van der Waals surface area contributed by atoms with Gasteiger partial charge in [0.15, 0.2) is 0 Å². The van der Waals surface area contributed by atoms with E-state index >= 15 is 0 Å². The molecule has 0 aliphatic heterocycles. The van der Waals surface area contributed by atoms with E-state index in [1.54, 1.807) is 0 Å². The van der Waals surface area contributed by atoms with Crippen LogP contribution in [0.25, 0.3) is 0 Å². The summed E-state index contributed by atoms with van der Waals surface area (Å²) in [5, 5.41) is 0. The van der Waals surface area contributed by atoms with Gasteiger partial charge in [-0.2, -0.15) is 0 Å². The highest BCUT2D eigenvalue weighted by molar-refractivity contribution is 6.17. The van der Waals surface area contributed by atoms with Crippen LogP contribution in [0.1, 0.15) is 84.0 Å². The monoisotopic (exact) mass is 348 g/mol. The first-order valence-corrected chi connectivity index (χ1v) is 10.6. The summed E-state index contributed by atoms with van der Waals surface area (Å²) >= 11 is 5.61. The van der Waals surface area contributed by atoms with Gasteiger partial charge in [0.05, 0.1) is 33.9 Å². The van der Waals surface area contributed by atoms with Gasteiger partial charge in [0, 0.05) is 5.88 Å². The third-order valence-corrected chi connectivity index (χ3v) is 4.83. The predicted molar refractivity (Wildman–Crippen MR) is 104 cm³/mol. The van der Waals surface area contributed by atoms with Crippen LogP contribution in [0.4, 0.5) is 0 Å². The lowest BCUT2D eigenvalue weighted by Gasteiger charge is -2.29. The molecule has 0 N–H and O–H groups in total. The molecular weight excluding hydrogens is 306 g/mol. The summed E-state index contributed by atoms with van der Waals surface area (Å²) in [6.07, 6.45) is 17.1. The summed E-state index contributed by atoms with van der Waals surface area (Å²) in [5.74, 6) is 0.603. The van der Waals surface area contributed by atoms with Crippen LogP contribution in [0.3, 0.4) is 0 Å². The number of likely N-dealkylation sites (N-methyl/N-ethyl adjacent to an activating group) is 1. The van der Waals surface area contributed by atoms with Crippen LogP contribution >= 0.6 is 11.6 Å². The molecule has 0 aromatic heterocycles. The Kier molecular flexibility index (Phi) is 17.2. The molecule has 0 bridgehead atoms. The summed E-state index contributed by atoms with van der Waals surface area (Å²) in [7, 11) is 4.62. The van der Waals surface area contributed by atoms with Crippen molar-refractivity contribution in [2.45, 2.75) is 84.0 Å². The Morgan fingerprint density at radius 2 is 1.13 bits per heavy atom. The smallest absolute Gasteiger partial charge is 0.102 e. The molecule has 0 unspecified atom stereocenters. The molecule has 0 amide bonds. The number of alkyl halides is 1. The van der Waals surface area contributed by atoms with Crippen LogP contribution in [0.5, 0.6) is 0 Å². The molecule has 23 heavy (non-hydrogen) atoms. The average Bonchev–Trinajstić information content (AvgIpc) is 2.52. The minimum atomic E-state index is 0.603. The van der Waals surface area contributed by atoms with Crippen molar-refractivity contribution in [1.82, 2.24) is 0 Å². The molecule has 0 aromatic rings. The zero-order valence-electron chi connectivity index (χ0n) is 16.3. The quantitative estimate of drug-likeness (QED) is 0.167. The van der Waals surface area contributed by atoms with E-state index in [1.165, 1.54) is 83.6 Å². The Morgan fingerprint density at radius 1 is 0.652 bits per heavy atom. The predicted octanol–water partition coefficient (Wildman–Crippen LogP) is 6.02. The van der Waals surface area contributed by atoms with E-state index in [9.17, 15) is 0 Å². The van der Waals surface area contributed by atoms with Crippen molar-refractivity contribution in [2.75, 3.05) is 46.3 Å². The Balaban J connectivity index is 3.25. The van der Waals surface area contributed by atoms with Crippen LogP contribution in [0.15, 0.2) is 0 Å². The van der Waals surface area contributed by atoms with Gasteiger partial charge in [0.25, 0.3) is 0 Å². The van der Waals surface area contributed by atoms with Crippen molar-refractivity contribution >= 4 is 11.6 Å². The van der Waals surface area contributed by atoms with Crippen LogP contribution < -0.4 is 0 Å². The number of halogens is 1. The van der Waals surface area contributed by atoms with E-state index in [4.69, 9.17) is 16.3 Å². The molecule has 0 rings (SSSR count). The van der Waals surface area contributed by atoms with Crippen LogP contribution in [-0.4, -0.2) is 50.8 Å². The molecule has 0 fully saturated rings. The van der Waals surface area contributed by atoms with E-state index in [0.29, 0.717) is 12.5 Å². The minimum Gasteiger partial charge on any atom is -0.374 e. The van der Waals surface area contributed by atoms with Crippen molar-refractivity contribution < 1.29 is 9.22 Å². The highest BCUT2D eigenvalue weighted by Gasteiger charge is 2.13. The summed E-state index contributed by atoms with van der Waals surface area (Å²) in [6.45, 7) is 6.16. The standard InChI is InChI=1S/C20H43ClNO/c1-4-5-6-7-8-9-10-11-12-13-14-15-17-22(2,3)18-20-23-19-16-21/h4-20H2,1-3H3/q+1. The number of unbranched alkanes of at least 4 members (excludes halogenated alkanes) is 11. The normalized spacial score (nSPS) is 12.0. The van der Waals surface area contributed by atoms with Crippen molar-refractivity contribution in [3.05, 3.63) is 0 Å². The van der Waals surface area contributed by atoms with Crippen molar-refractivity contribution in [2.24, 2.45) is 0 Å². The van der Waals surface area contributed by atoms with Gasteiger partial charge in [-0.3, -0.25) is 0 Å². The first kappa shape index (κ1) is 23.2. The molecule has 0 saturated carbocycles. The Bertz CT molecular complexity index is 234. The van der Waals surface area contributed by atoms with Crippen LogP contribution in [0.2, 0.25) is 0 Å². The highest BCUT2D eigenvalue weighted by Crippen LogP contribution is 2.12. The molecular formula is C20H43ClNO+. The Morgan fingerprint density at radius 3 is 1.61 bits per heavy atom. The number of quaternary nitrogens is 1. The molecule has 0 heterocycles. The summed E-state index contributed by atoms with van der Waals surface area (Å²) in [4.78, 5) is 0. The first-order valence-electron chi connectivity index (χ1n) is 10.1. The zero-order valence-corrected chi connectivity index (χ0v) is 17.0. The number of hydrogen-bond acceptors (Lipinski definition) is 1. The Hall–Kier alpha value is 0.210. The van der Waals surface area contributed by atoms with Gasteiger partial charge in [-0.25, -0.2) is 0 Å². The zero-order chi connectivity index (χ0) is 17.2. The molecule has 0 atom stereocenters. The van der Waals surface area contributed by atoms with Gasteiger partial charge in [-0.15, -0.1) is 11.6 Å². The third kappa shape index (κ3) is 18.4. The molecule has 0 spiro atoms. The molecule has 0 radical (unpaired) electrons. The van der Waals surface area contributed by atoms with Crippen LogP contribution in [-0.2, 0) is 4.74 Å². The second-order valence-corrected chi connectivity index (χ2v) is 7.95. The largest absolute Gasteiger partial charge is 0.374 e. The second-order valence-electron chi connectivity index (χ2n) is 7.57. The average molecular weight is 349 g/mol. The fourth-order valence-electron chi connectivity index (χ4n) is 2.96. The fourth-order valence-corrected chi connectivity index (χ4v) is 3.07. The lowest BCUT2D eigenvalue weighted by molar-refractivity contribution is -0.890. The molecule has 0 saturated heterocycles. The van der Waals surface area contributed by atoms with Gasteiger partial charge in [-0.05, 0) is 12.8 Å². The number of ether oxygens (including phenoxy) is 1. The highest BCUT2D eigenvalue weighted by atomic mass is 35.5. The third-order valence-electron chi connectivity index (χ3n) is 4.68. The minimum absolute atomic E-state index is 0.603. The van der Waals surface area contributed by atoms with E-state index in [2.05, 4.69) is 21.0 Å². The van der Waals surface area contributed by atoms with E-state index in [-0.39, 0.29) is 0 Å². The fraction of sp³-hybridized carbons (Fsp3) is 1.00. The van der Waals surface area contributed by atoms with Gasteiger partial charge in [0.2, 0.25) is 0 Å². The molecule has 0 aromatic carbocycles. The second kappa shape index (κ2) is 17.0. The van der Waals surface area contributed by atoms with Crippen molar-refractivity contribution in [3.8, 4) is 0 Å².